The van der Waals surface area contributed by atoms with Gasteiger partial charge in [0, 0.05) is 16.2 Å². The van der Waals surface area contributed by atoms with Crippen molar-refractivity contribution in [1.82, 2.24) is 5.43 Å². The quantitative estimate of drug-likeness (QED) is 0.506. The minimum atomic E-state index is -0.266. The fourth-order valence-corrected chi connectivity index (χ4v) is 3.94. The van der Waals surface area contributed by atoms with Gasteiger partial charge in [-0.25, -0.2) is 5.84 Å². The molecule has 1 aromatic carbocycles. The Morgan fingerprint density at radius 3 is 2.82 bits per heavy atom. The zero-order valence-corrected chi connectivity index (χ0v) is 14.6. The first-order chi connectivity index (χ1) is 10.3. The van der Waals surface area contributed by atoms with Crippen LogP contribution in [0.5, 0.6) is 0 Å². The van der Waals surface area contributed by atoms with Crippen LogP contribution in [0.2, 0.25) is 5.02 Å². The molecule has 0 unspecified atom stereocenters. The summed E-state index contributed by atoms with van der Waals surface area (Å²) in [5.74, 6) is 5.69. The van der Waals surface area contributed by atoms with Crippen LogP contribution in [0.15, 0.2) is 18.2 Å². The number of carbonyl (C=O) groups is 1. The van der Waals surface area contributed by atoms with E-state index in [1.807, 2.05) is 18.2 Å². The predicted molar refractivity (Wildman–Crippen MR) is 92.1 cm³/mol. The monoisotopic (exact) mass is 323 g/mol. The summed E-state index contributed by atoms with van der Waals surface area (Å²) in [7, 11) is 0. The van der Waals surface area contributed by atoms with Crippen LogP contribution in [-0.4, -0.2) is 17.5 Å². The van der Waals surface area contributed by atoms with Gasteiger partial charge >= 0.3 is 0 Å². The van der Waals surface area contributed by atoms with Gasteiger partial charge in [0.1, 0.15) is 6.04 Å². The maximum Gasteiger partial charge on any atom is 0.256 e. The highest BCUT2D eigenvalue weighted by Crippen LogP contribution is 2.45. The van der Waals surface area contributed by atoms with Crippen molar-refractivity contribution in [3.63, 3.8) is 0 Å². The average Bonchev–Trinajstić information content (AvgIpc) is 2.45. The molecule has 0 saturated carbocycles. The molecule has 22 heavy (non-hydrogen) atoms. The third-order valence-corrected chi connectivity index (χ3v) is 4.79. The van der Waals surface area contributed by atoms with Crippen molar-refractivity contribution < 1.29 is 4.79 Å². The third kappa shape index (κ3) is 3.08. The minimum absolute atomic E-state index is 0.118. The minimum Gasteiger partial charge on any atom is -0.354 e. The van der Waals surface area contributed by atoms with Gasteiger partial charge in [-0.3, -0.25) is 10.2 Å². The summed E-state index contributed by atoms with van der Waals surface area (Å²) in [6.07, 6.45) is 2.66. The highest BCUT2D eigenvalue weighted by Gasteiger charge is 2.41. The van der Waals surface area contributed by atoms with Gasteiger partial charge in [0.05, 0.1) is 0 Å². The number of rotatable bonds is 4. The number of amides is 1. The van der Waals surface area contributed by atoms with E-state index in [1.54, 1.807) is 0 Å². The number of hydrogen-bond donors (Lipinski definition) is 2. The van der Waals surface area contributed by atoms with Gasteiger partial charge in [-0.05, 0) is 56.4 Å². The van der Waals surface area contributed by atoms with Gasteiger partial charge in [-0.15, -0.1) is 0 Å². The van der Waals surface area contributed by atoms with E-state index in [-0.39, 0.29) is 17.5 Å². The van der Waals surface area contributed by atoms with Crippen molar-refractivity contribution in [1.29, 1.82) is 0 Å². The summed E-state index contributed by atoms with van der Waals surface area (Å²) in [5.41, 5.74) is 4.51. The second-order valence-corrected chi connectivity index (χ2v) is 7.24. The fourth-order valence-electron chi connectivity index (χ4n) is 3.76. The Morgan fingerprint density at radius 2 is 2.23 bits per heavy atom. The molecule has 0 aliphatic carbocycles. The molecular weight excluding hydrogens is 298 g/mol. The van der Waals surface area contributed by atoms with Gasteiger partial charge < -0.3 is 4.90 Å². The lowest BCUT2D eigenvalue weighted by atomic mass is 9.78. The molecule has 5 heteroatoms. The lowest BCUT2D eigenvalue weighted by Crippen LogP contribution is -2.59. The van der Waals surface area contributed by atoms with Crippen molar-refractivity contribution in [3.05, 3.63) is 28.8 Å². The highest BCUT2D eigenvalue weighted by molar-refractivity contribution is 6.30. The number of hydrazine groups is 1. The summed E-state index contributed by atoms with van der Waals surface area (Å²) in [5, 5.41) is 0.737. The van der Waals surface area contributed by atoms with E-state index in [9.17, 15) is 4.79 Å². The molecule has 1 aromatic rings. The molecule has 1 aliphatic rings. The second kappa shape index (κ2) is 6.47. The van der Waals surface area contributed by atoms with Crippen LogP contribution < -0.4 is 16.2 Å². The molecule has 0 fully saturated rings. The van der Waals surface area contributed by atoms with Crippen molar-refractivity contribution in [3.8, 4) is 0 Å². The van der Waals surface area contributed by atoms with Gasteiger partial charge in [0.15, 0.2) is 0 Å². The SMILES string of the molecule is CCC[C@H](C(=O)NN)N1c2ccc(Cl)cc2[C@@H](C)CC1(C)C. The number of halogens is 1. The topological polar surface area (TPSA) is 58.4 Å². The lowest BCUT2D eigenvalue weighted by molar-refractivity contribution is -0.123. The number of fused-ring (bicyclic) bond motifs is 1. The van der Waals surface area contributed by atoms with Crippen LogP contribution in [0.25, 0.3) is 0 Å². The Bertz CT molecular complexity index is 559. The Balaban J connectivity index is 2.56. The molecule has 1 heterocycles. The smallest absolute Gasteiger partial charge is 0.256 e. The Hall–Kier alpha value is -1.26. The van der Waals surface area contributed by atoms with Crippen LogP contribution >= 0.6 is 11.6 Å². The molecular formula is C17H26ClN3O. The van der Waals surface area contributed by atoms with Crippen LogP contribution in [-0.2, 0) is 4.79 Å². The van der Waals surface area contributed by atoms with Crippen molar-refractivity contribution >= 4 is 23.2 Å². The van der Waals surface area contributed by atoms with Gasteiger partial charge in [-0.2, -0.15) is 0 Å². The van der Waals surface area contributed by atoms with Crippen molar-refractivity contribution in [2.45, 2.75) is 64.5 Å². The predicted octanol–water partition coefficient (Wildman–Crippen LogP) is 3.59. The maximum absolute atomic E-state index is 12.3. The zero-order chi connectivity index (χ0) is 16.5. The van der Waals surface area contributed by atoms with Crippen molar-refractivity contribution in [2.75, 3.05) is 4.90 Å². The molecule has 0 bridgehead atoms. The summed E-state index contributed by atoms with van der Waals surface area (Å²) in [4.78, 5) is 14.6. The third-order valence-electron chi connectivity index (χ3n) is 4.56. The highest BCUT2D eigenvalue weighted by atomic mass is 35.5. The second-order valence-electron chi connectivity index (χ2n) is 6.80. The summed E-state index contributed by atoms with van der Waals surface area (Å²) >= 11 is 6.17. The molecule has 1 aliphatic heterocycles. The van der Waals surface area contributed by atoms with E-state index >= 15 is 0 Å². The molecule has 0 aromatic heterocycles. The molecule has 0 saturated heterocycles. The molecule has 3 N–H and O–H groups in total. The molecule has 0 radical (unpaired) electrons. The van der Waals surface area contributed by atoms with E-state index in [2.05, 4.69) is 38.0 Å². The number of nitrogens with zero attached hydrogens (tertiary/aromatic N) is 1. The van der Waals surface area contributed by atoms with Crippen LogP contribution in [0.3, 0.4) is 0 Å². The standard InChI is InChI=1S/C17H26ClN3O/c1-5-6-15(16(22)20-19)21-14-8-7-12(18)9-13(14)11(2)10-17(21,3)4/h7-9,11,15H,5-6,10,19H2,1-4H3,(H,20,22)/t11-,15+/m0/s1. The summed E-state index contributed by atoms with van der Waals surface area (Å²) < 4.78 is 0. The molecule has 122 valence electrons. The Morgan fingerprint density at radius 1 is 1.55 bits per heavy atom. The largest absolute Gasteiger partial charge is 0.354 e. The first kappa shape index (κ1) is 17.1. The number of nitrogens with one attached hydrogen (secondary N) is 1. The van der Waals surface area contributed by atoms with E-state index in [4.69, 9.17) is 17.4 Å². The fraction of sp³-hybridized carbons (Fsp3) is 0.588. The van der Waals surface area contributed by atoms with E-state index in [1.165, 1.54) is 5.56 Å². The number of hydrogen-bond acceptors (Lipinski definition) is 3. The van der Waals surface area contributed by atoms with Crippen molar-refractivity contribution in [2.24, 2.45) is 5.84 Å². The van der Waals surface area contributed by atoms with Crippen LogP contribution in [0.4, 0.5) is 5.69 Å². The number of carbonyl (C=O) groups excluding carboxylic acids is 1. The molecule has 1 amide bonds. The first-order valence-electron chi connectivity index (χ1n) is 7.91. The molecule has 4 nitrogen and oxygen atoms in total. The number of nitrogens with two attached hydrogens (primary N) is 1. The maximum atomic E-state index is 12.3. The van der Waals surface area contributed by atoms with E-state index in [0.29, 0.717) is 5.92 Å². The normalized spacial score (nSPS) is 21.2. The Kier molecular flexibility index (Phi) is 5.03. The van der Waals surface area contributed by atoms with Gasteiger partial charge in [0.25, 0.3) is 5.91 Å². The zero-order valence-electron chi connectivity index (χ0n) is 13.8. The van der Waals surface area contributed by atoms with E-state index in [0.717, 1.165) is 30.0 Å². The summed E-state index contributed by atoms with van der Waals surface area (Å²) in [6, 6.07) is 5.68. The van der Waals surface area contributed by atoms with Crippen LogP contribution in [0.1, 0.15) is 58.4 Å². The first-order valence-corrected chi connectivity index (χ1v) is 8.29. The lowest BCUT2D eigenvalue weighted by Gasteiger charge is -2.50. The van der Waals surface area contributed by atoms with Gasteiger partial charge in [-0.1, -0.05) is 31.9 Å². The van der Waals surface area contributed by atoms with Gasteiger partial charge in [0.2, 0.25) is 0 Å². The van der Waals surface area contributed by atoms with Crippen LogP contribution in [0, 0.1) is 0 Å². The van der Waals surface area contributed by atoms with E-state index < -0.39 is 0 Å². The molecule has 2 atom stereocenters. The number of benzene rings is 1. The average molecular weight is 324 g/mol. The summed E-state index contributed by atoms with van der Waals surface area (Å²) in [6.45, 7) is 8.67. The molecule has 2 rings (SSSR count). The Labute approximate surface area is 138 Å². The molecule has 0 spiro atoms. The number of anilines is 1.